The van der Waals surface area contributed by atoms with Gasteiger partial charge in [0.15, 0.2) is 0 Å². The summed E-state index contributed by atoms with van der Waals surface area (Å²) >= 11 is 0. The van der Waals surface area contributed by atoms with E-state index in [0.29, 0.717) is 18.7 Å². The Kier molecular flexibility index (Phi) is 8.21. The van der Waals surface area contributed by atoms with E-state index in [1.165, 1.54) is 11.1 Å². The fourth-order valence-corrected chi connectivity index (χ4v) is 4.90. The number of esters is 1. The van der Waals surface area contributed by atoms with Crippen LogP contribution in [0.1, 0.15) is 36.6 Å². The molecule has 7 heteroatoms. The second kappa shape index (κ2) is 11.5. The van der Waals surface area contributed by atoms with E-state index in [1.807, 2.05) is 44.2 Å². The summed E-state index contributed by atoms with van der Waals surface area (Å²) in [7, 11) is 0. The maximum Gasteiger partial charge on any atom is 0.338 e. The van der Waals surface area contributed by atoms with E-state index in [4.69, 9.17) is 4.74 Å². The molecule has 0 aromatic heterocycles. The minimum Gasteiger partial charge on any atom is -0.463 e. The van der Waals surface area contributed by atoms with Crippen molar-refractivity contribution in [1.82, 2.24) is 20.0 Å². The van der Waals surface area contributed by atoms with Gasteiger partial charge >= 0.3 is 12.0 Å². The molecule has 1 fully saturated rings. The van der Waals surface area contributed by atoms with Crippen LogP contribution in [0.3, 0.4) is 0 Å². The molecule has 0 aliphatic carbocycles. The fourth-order valence-electron chi connectivity index (χ4n) is 4.90. The fraction of sp³-hybridized carbons (Fsp3) is 0.429. The van der Waals surface area contributed by atoms with Gasteiger partial charge in [-0.05, 0) is 37.5 Å². The zero-order chi connectivity index (χ0) is 24.8. The van der Waals surface area contributed by atoms with Crippen LogP contribution in [0.15, 0.2) is 65.9 Å². The highest BCUT2D eigenvalue weighted by Crippen LogP contribution is 2.32. The maximum absolute atomic E-state index is 13.2. The van der Waals surface area contributed by atoms with Crippen LogP contribution >= 0.6 is 0 Å². The number of aryl methyl sites for hydroxylation is 1. The number of hydrogen-bond donors (Lipinski definition) is 1. The van der Waals surface area contributed by atoms with Crippen molar-refractivity contribution in [1.29, 1.82) is 0 Å². The van der Waals surface area contributed by atoms with Gasteiger partial charge in [0.1, 0.15) is 0 Å². The lowest BCUT2D eigenvalue weighted by Gasteiger charge is -2.40. The quantitative estimate of drug-likeness (QED) is 0.589. The molecule has 2 aliphatic heterocycles. The van der Waals surface area contributed by atoms with Crippen LogP contribution in [-0.4, -0.2) is 72.6 Å². The van der Waals surface area contributed by atoms with Crippen LogP contribution in [0.25, 0.3) is 0 Å². The van der Waals surface area contributed by atoms with Crippen LogP contribution in [0.2, 0.25) is 0 Å². The summed E-state index contributed by atoms with van der Waals surface area (Å²) < 4.78 is 5.47. The molecule has 2 heterocycles. The van der Waals surface area contributed by atoms with E-state index in [-0.39, 0.29) is 18.6 Å². The number of nitrogens with one attached hydrogen (secondary N) is 1. The molecular formula is C28H36N4O3. The van der Waals surface area contributed by atoms with E-state index in [0.717, 1.165) is 44.0 Å². The highest BCUT2D eigenvalue weighted by Gasteiger charge is 2.38. The second-order valence-corrected chi connectivity index (χ2v) is 9.10. The predicted molar refractivity (Wildman–Crippen MR) is 137 cm³/mol. The lowest BCUT2D eigenvalue weighted by atomic mass is 9.94. The lowest BCUT2D eigenvalue weighted by Crippen LogP contribution is -2.53. The van der Waals surface area contributed by atoms with Crippen molar-refractivity contribution in [3.63, 3.8) is 0 Å². The zero-order valence-corrected chi connectivity index (χ0v) is 21.0. The van der Waals surface area contributed by atoms with E-state index in [9.17, 15) is 9.59 Å². The van der Waals surface area contributed by atoms with Crippen LogP contribution in [0.5, 0.6) is 0 Å². The molecular weight excluding hydrogens is 440 g/mol. The number of carbonyl (C=O) groups excluding carboxylic acids is 2. The summed E-state index contributed by atoms with van der Waals surface area (Å²) in [5.74, 6) is -0.368. The summed E-state index contributed by atoms with van der Waals surface area (Å²) in [4.78, 5) is 32.8. The average molecular weight is 477 g/mol. The highest BCUT2D eigenvalue weighted by molar-refractivity contribution is 5.95. The lowest BCUT2D eigenvalue weighted by molar-refractivity contribution is -0.139. The molecule has 7 nitrogen and oxygen atoms in total. The van der Waals surface area contributed by atoms with Gasteiger partial charge in [-0.2, -0.15) is 0 Å². The number of ether oxygens (including phenoxy) is 1. The van der Waals surface area contributed by atoms with Gasteiger partial charge in [-0.1, -0.05) is 54.6 Å². The SMILES string of the molecule is CCOC(=O)C1=C(CN2CCN(Cc3ccccc3C)CC2)N(CC)C(=O)NC1c1ccccc1. The van der Waals surface area contributed by atoms with E-state index in [1.54, 1.807) is 4.90 Å². The molecule has 35 heavy (non-hydrogen) atoms. The predicted octanol–water partition coefficient (Wildman–Crippen LogP) is 3.72. The van der Waals surface area contributed by atoms with Gasteiger partial charge in [0, 0.05) is 51.5 Å². The number of benzene rings is 2. The van der Waals surface area contributed by atoms with E-state index in [2.05, 4.69) is 46.3 Å². The average Bonchev–Trinajstić information content (AvgIpc) is 2.87. The Balaban J connectivity index is 1.56. The molecule has 1 atom stereocenters. The first kappa shape index (κ1) is 24.9. The third-order valence-corrected chi connectivity index (χ3v) is 6.88. The van der Waals surface area contributed by atoms with Gasteiger partial charge in [0.2, 0.25) is 0 Å². The Morgan fingerprint density at radius 1 is 0.943 bits per heavy atom. The Morgan fingerprint density at radius 2 is 1.57 bits per heavy atom. The largest absolute Gasteiger partial charge is 0.463 e. The molecule has 1 saturated heterocycles. The summed E-state index contributed by atoms with van der Waals surface area (Å²) in [6.45, 7) is 11.8. The Bertz CT molecular complexity index is 1060. The molecule has 0 spiro atoms. The molecule has 4 rings (SSSR count). The number of carbonyl (C=O) groups is 2. The number of piperazine rings is 1. The second-order valence-electron chi connectivity index (χ2n) is 9.10. The minimum atomic E-state index is -0.525. The van der Waals surface area contributed by atoms with E-state index < -0.39 is 6.04 Å². The molecule has 0 saturated carbocycles. The van der Waals surface area contributed by atoms with Gasteiger partial charge in [0.25, 0.3) is 0 Å². The molecule has 186 valence electrons. The molecule has 2 aromatic rings. The van der Waals surface area contributed by atoms with Crippen LogP contribution in [-0.2, 0) is 16.1 Å². The molecule has 1 unspecified atom stereocenters. The van der Waals surface area contributed by atoms with Crippen molar-refractivity contribution in [2.45, 2.75) is 33.4 Å². The Morgan fingerprint density at radius 3 is 2.20 bits per heavy atom. The molecule has 1 N–H and O–H groups in total. The first-order valence-corrected chi connectivity index (χ1v) is 12.5. The monoisotopic (exact) mass is 476 g/mol. The summed E-state index contributed by atoms with van der Waals surface area (Å²) in [6.07, 6.45) is 0. The van der Waals surface area contributed by atoms with E-state index >= 15 is 0 Å². The number of likely N-dealkylation sites (N-methyl/N-ethyl adjacent to an activating group) is 1. The van der Waals surface area contributed by atoms with Gasteiger partial charge < -0.3 is 10.1 Å². The highest BCUT2D eigenvalue weighted by atomic mass is 16.5. The third-order valence-electron chi connectivity index (χ3n) is 6.88. The summed E-state index contributed by atoms with van der Waals surface area (Å²) in [5, 5.41) is 3.03. The van der Waals surface area contributed by atoms with Gasteiger partial charge in [-0.15, -0.1) is 0 Å². The van der Waals surface area contributed by atoms with Gasteiger partial charge in [-0.25, -0.2) is 9.59 Å². The molecule has 0 bridgehead atoms. The minimum absolute atomic E-state index is 0.178. The van der Waals surface area contributed by atoms with Crippen molar-refractivity contribution in [2.24, 2.45) is 0 Å². The maximum atomic E-state index is 13.2. The molecule has 2 aliphatic rings. The van der Waals surface area contributed by atoms with Crippen molar-refractivity contribution in [3.05, 3.63) is 82.6 Å². The van der Waals surface area contributed by atoms with Crippen LogP contribution in [0, 0.1) is 6.92 Å². The topological polar surface area (TPSA) is 65.1 Å². The number of hydrogen-bond acceptors (Lipinski definition) is 5. The number of urea groups is 1. The summed E-state index contributed by atoms with van der Waals surface area (Å²) in [6, 6.07) is 17.5. The normalized spacial score (nSPS) is 19.6. The van der Waals surface area contributed by atoms with Crippen LogP contribution in [0.4, 0.5) is 4.79 Å². The number of rotatable bonds is 8. The number of nitrogens with zero attached hydrogens (tertiary/aromatic N) is 3. The van der Waals surface area contributed by atoms with Gasteiger partial charge in [-0.3, -0.25) is 14.7 Å². The molecule has 0 radical (unpaired) electrons. The van der Waals surface area contributed by atoms with Crippen molar-refractivity contribution in [2.75, 3.05) is 45.9 Å². The standard InChI is InChI=1S/C28H36N4O3/c1-4-32-24(20-31-17-15-30(16-18-31)19-23-14-10-9-11-21(23)3)25(27(33)35-5-2)26(29-28(32)34)22-12-7-6-8-13-22/h6-14,26H,4-5,15-20H2,1-3H3,(H,29,34). The van der Waals surface area contributed by atoms with Crippen molar-refractivity contribution < 1.29 is 14.3 Å². The molecule has 2 amide bonds. The Labute approximate surface area is 208 Å². The van der Waals surface area contributed by atoms with Crippen LogP contribution < -0.4 is 5.32 Å². The summed E-state index contributed by atoms with van der Waals surface area (Å²) in [5.41, 5.74) is 4.83. The Hall–Kier alpha value is -3.16. The van der Waals surface area contributed by atoms with Gasteiger partial charge in [0.05, 0.1) is 18.2 Å². The molecule has 2 aromatic carbocycles. The first-order chi connectivity index (χ1) is 17.0. The zero-order valence-electron chi connectivity index (χ0n) is 21.0. The third kappa shape index (κ3) is 5.74. The van der Waals surface area contributed by atoms with Crippen molar-refractivity contribution in [3.8, 4) is 0 Å². The number of amides is 2. The first-order valence-electron chi connectivity index (χ1n) is 12.5. The smallest absolute Gasteiger partial charge is 0.338 e. The van der Waals surface area contributed by atoms with Crippen molar-refractivity contribution >= 4 is 12.0 Å².